The van der Waals surface area contributed by atoms with Gasteiger partial charge in [-0.3, -0.25) is 9.69 Å². The number of nitrogens with zero attached hydrogens (tertiary/aromatic N) is 2. The van der Waals surface area contributed by atoms with E-state index in [1.54, 1.807) is 0 Å². The number of thiazole rings is 1. The van der Waals surface area contributed by atoms with Crippen LogP contribution in [0.1, 0.15) is 37.1 Å². The van der Waals surface area contributed by atoms with Crippen LogP contribution >= 0.6 is 11.3 Å². The molecule has 2 atom stereocenters. The van der Waals surface area contributed by atoms with Crippen molar-refractivity contribution < 1.29 is 9.53 Å². The summed E-state index contributed by atoms with van der Waals surface area (Å²) in [7, 11) is 0. The van der Waals surface area contributed by atoms with Gasteiger partial charge in [-0.15, -0.1) is 11.3 Å². The molecule has 2 saturated heterocycles. The van der Waals surface area contributed by atoms with Crippen LogP contribution in [0.2, 0.25) is 0 Å². The molecule has 2 aromatic rings. The van der Waals surface area contributed by atoms with Gasteiger partial charge < -0.3 is 4.74 Å². The van der Waals surface area contributed by atoms with E-state index in [1.165, 1.54) is 9.71 Å². The number of hydrogen-bond acceptors (Lipinski definition) is 5. The first kappa shape index (κ1) is 14.2. The second-order valence-corrected chi connectivity index (χ2v) is 7.39. The van der Waals surface area contributed by atoms with Crippen LogP contribution < -0.4 is 0 Å². The molecule has 3 heterocycles. The van der Waals surface area contributed by atoms with Gasteiger partial charge in [0.2, 0.25) is 0 Å². The summed E-state index contributed by atoms with van der Waals surface area (Å²) in [5.41, 5.74) is 1.11. The molecule has 2 aliphatic rings. The Morgan fingerprint density at radius 1 is 1.27 bits per heavy atom. The predicted octanol–water partition coefficient (Wildman–Crippen LogP) is 3.18. The summed E-state index contributed by atoms with van der Waals surface area (Å²) in [6.45, 7) is 3.91. The third-order valence-electron chi connectivity index (χ3n) is 4.77. The zero-order chi connectivity index (χ0) is 15.1. The molecule has 1 aromatic heterocycles. The van der Waals surface area contributed by atoms with E-state index in [4.69, 9.17) is 9.72 Å². The van der Waals surface area contributed by atoms with E-state index < -0.39 is 0 Å². The van der Waals surface area contributed by atoms with Crippen LogP contribution in [0.3, 0.4) is 0 Å². The minimum absolute atomic E-state index is 0.0219. The molecular weight excluding hydrogens is 296 g/mol. The number of benzene rings is 1. The van der Waals surface area contributed by atoms with E-state index in [0.29, 0.717) is 5.92 Å². The van der Waals surface area contributed by atoms with Gasteiger partial charge in [0, 0.05) is 12.3 Å². The average Bonchev–Trinajstić information content (AvgIpc) is 3.10. The van der Waals surface area contributed by atoms with Gasteiger partial charge >= 0.3 is 5.97 Å². The Morgan fingerprint density at radius 2 is 2.05 bits per heavy atom. The summed E-state index contributed by atoms with van der Waals surface area (Å²) < 4.78 is 6.56. The highest BCUT2D eigenvalue weighted by Gasteiger charge is 2.38. The fourth-order valence-corrected chi connectivity index (χ4v) is 4.69. The summed E-state index contributed by atoms with van der Waals surface area (Å²) >= 11 is 1.82. The van der Waals surface area contributed by atoms with E-state index in [1.807, 2.05) is 24.3 Å². The smallest absolute Gasteiger partial charge is 0.323 e. The molecule has 0 unspecified atom stereocenters. The minimum Gasteiger partial charge on any atom is -0.461 e. The number of rotatable bonds is 2. The molecule has 0 radical (unpaired) electrons. The molecule has 0 saturated carbocycles. The quantitative estimate of drug-likeness (QED) is 0.798. The lowest BCUT2D eigenvalue weighted by Crippen LogP contribution is -2.43. The van der Waals surface area contributed by atoms with Crippen molar-refractivity contribution in [3.05, 3.63) is 29.3 Å². The minimum atomic E-state index is -0.0362. The molecule has 0 aliphatic carbocycles. The van der Waals surface area contributed by atoms with Crippen molar-refractivity contribution in [3.8, 4) is 0 Å². The molecule has 2 aliphatic heterocycles. The number of piperidine rings is 1. The lowest BCUT2D eigenvalue weighted by molar-refractivity contribution is -0.145. The second-order valence-electron chi connectivity index (χ2n) is 6.33. The number of carbonyl (C=O) groups is 1. The van der Waals surface area contributed by atoms with Crippen LogP contribution in [0.4, 0.5) is 0 Å². The van der Waals surface area contributed by atoms with Gasteiger partial charge in [0.05, 0.1) is 15.2 Å². The van der Waals surface area contributed by atoms with Gasteiger partial charge in [-0.25, -0.2) is 4.98 Å². The molecule has 4 rings (SSSR count). The fourth-order valence-electron chi connectivity index (χ4n) is 3.56. The molecule has 116 valence electrons. The number of hydrogen-bond donors (Lipinski definition) is 0. The van der Waals surface area contributed by atoms with Crippen molar-refractivity contribution in [2.75, 3.05) is 13.1 Å². The maximum absolute atomic E-state index is 11.9. The monoisotopic (exact) mass is 316 g/mol. The van der Waals surface area contributed by atoms with Gasteiger partial charge in [-0.2, -0.15) is 0 Å². The van der Waals surface area contributed by atoms with E-state index in [-0.39, 0.29) is 18.1 Å². The zero-order valence-corrected chi connectivity index (χ0v) is 13.5. The van der Waals surface area contributed by atoms with Crippen LogP contribution in [-0.4, -0.2) is 41.1 Å². The van der Waals surface area contributed by atoms with Crippen molar-refractivity contribution >= 4 is 27.5 Å². The summed E-state index contributed by atoms with van der Waals surface area (Å²) in [6, 6.07) is 8.31. The number of carbonyl (C=O) groups excluding carboxylic acids is 1. The van der Waals surface area contributed by atoms with Crippen LogP contribution in [0.25, 0.3) is 10.2 Å². The standard InChI is InChI=1S/C17H20N2O2S/c1-11-10-14(17(20)21-11)19-8-6-12(7-9-19)16-18-13-4-2-3-5-15(13)22-16/h2-5,11-12,14H,6-10H2,1H3/t11-,14-/m1/s1. The normalized spacial score (nSPS) is 27.4. The van der Waals surface area contributed by atoms with Crippen LogP contribution in [0, 0.1) is 0 Å². The number of aromatic nitrogens is 1. The van der Waals surface area contributed by atoms with Gasteiger partial charge in [-0.1, -0.05) is 12.1 Å². The molecular formula is C17H20N2O2S. The maximum atomic E-state index is 11.9. The number of cyclic esters (lactones) is 1. The first-order valence-electron chi connectivity index (χ1n) is 8.01. The molecule has 2 fully saturated rings. The summed E-state index contributed by atoms with van der Waals surface area (Å²) in [6.07, 6.45) is 3.07. The Bertz CT molecular complexity index is 658. The molecule has 4 nitrogen and oxygen atoms in total. The lowest BCUT2D eigenvalue weighted by Gasteiger charge is -2.33. The number of para-hydroxylation sites is 1. The molecule has 22 heavy (non-hydrogen) atoms. The summed E-state index contributed by atoms with van der Waals surface area (Å²) in [5.74, 6) is 0.495. The van der Waals surface area contributed by atoms with Crippen molar-refractivity contribution in [2.45, 2.75) is 44.2 Å². The van der Waals surface area contributed by atoms with Gasteiger partial charge in [0.25, 0.3) is 0 Å². The van der Waals surface area contributed by atoms with E-state index in [9.17, 15) is 4.79 Å². The highest BCUT2D eigenvalue weighted by atomic mass is 32.1. The number of esters is 1. The maximum Gasteiger partial charge on any atom is 0.323 e. The van der Waals surface area contributed by atoms with Crippen molar-refractivity contribution in [2.24, 2.45) is 0 Å². The Labute approximate surface area is 134 Å². The Morgan fingerprint density at radius 3 is 2.73 bits per heavy atom. The third kappa shape index (κ3) is 2.52. The molecule has 0 N–H and O–H groups in total. The van der Waals surface area contributed by atoms with Crippen molar-refractivity contribution in [1.29, 1.82) is 0 Å². The highest BCUT2D eigenvalue weighted by molar-refractivity contribution is 7.18. The van der Waals surface area contributed by atoms with Crippen molar-refractivity contribution in [1.82, 2.24) is 9.88 Å². The number of fused-ring (bicyclic) bond motifs is 1. The van der Waals surface area contributed by atoms with Crippen molar-refractivity contribution in [3.63, 3.8) is 0 Å². The third-order valence-corrected chi connectivity index (χ3v) is 5.97. The summed E-state index contributed by atoms with van der Waals surface area (Å²) in [4.78, 5) is 19.0. The second kappa shape index (κ2) is 5.63. The Hall–Kier alpha value is -1.46. The Balaban J connectivity index is 1.44. The molecule has 5 heteroatoms. The first-order chi connectivity index (χ1) is 10.7. The topological polar surface area (TPSA) is 42.4 Å². The van der Waals surface area contributed by atoms with E-state index in [2.05, 4.69) is 23.1 Å². The van der Waals surface area contributed by atoms with E-state index in [0.717, 1.165) is 37.9 Å². The van der Waals surface area contributed by atoms with E-state index >= 15 is 0 Å². The van der Waals surface area contributed by atoms with Crippen LogP contribution in [-0.2, 0) is 9.53 Å². The first-order valence-corrected chi connectivity index (χ1v) is 8.82. The molecule has 0 bridgehead atoms. The SMILES string of the molecule is C[C@@H]1C[C@@H](N2CCC(c3nc4ccccc4s3)CC2)C(=O)O1. The predicted molar refractivity (Wildman–Crippen MR) is 87.1 cm³/mol. The average molecular weight is 316 g/mol. The van der Waals surface area contributed by atoms with Crippen LogP contribution in [0.5, 0.6) is 0 Å². The van der Waals surface area contributed by atoms with Crippen LogP contribution in [0.15, 0.2) is 24.3 Å². The lowest BCUT2D eigenvalue weighted by atomic mass is 9.96. The fraction of sp³-hybridized carbons (Fsp3) is 0.529. The van der Waals surface area contributed by atoms with Gasteiger partial charge in [0.15, 0.2) is 0 Å². The Kier molecular flexibility index (Phi) is 3.62. The van der Waals surface area contributed by atoms with Gasteiger partial charge in [0.1, 0.15) is 12.1 Å². The number of likely N-dealkylation sites (tertiary alicyclic amines) is 1. The molecule has 0 amide bonds. The summed E-state index contributed by atoms with van der Waals surface area (Å²) in [5, 5.41) is 1.25. The number of ether oxygens (including phenoxy) is 1. The molecule has 0 spiro atoms. The molecule has 1 aromatic carbocycles. The highest BCUT2D eigenvalue weighted by Crippen LogP contribution is 2.35. The van der Waals surface area contributed by atoms with Gasteiger partial charge in [-0.05, 0) is 45.0 Å². The zero-order valence-electron chi connectivity index (χ0n) is 12.7. The largest absolute Gasteiger partial charge is 0.461 e.